The number of aryl methyl sites for hydroxylation is 1. The summed E-state index contributed by atoms with van der Waals surface area (Å²) in [7, 11) is 1.79. The summed E-state index contributed by atoms with van der Waals surface area (Å²) in [4.78, 5) is 4.56. The Morgan fingerprint density at radius 2 is 2.28 bits per heavy atom. The molecule has 4 nitrogen and oxygen atoms in total. The largest absolute Gasteiger partial charge is 0.381 e. The molecule has 2 heterocycles. The zero-order chi connectivity index (χ0) is 12.5. The Hall–Kier alpha value is -1.39. The molecule has 0 amide bonds. The van der Waals surface area contributed by atoms with Gasteiger partial charge in [-0.1, -0.05) is 6.07 Å². The highest BCUT2D eigenvalue weighted by Crippen LogP contribution is 2.23. The van der Waals surface area contributed by atoms with Gasteiger partial charge in [0.1, 0.15) is 5.65 Å². The summed E-state index contributed by atoms with van der Waals surface area (Å²) < 4.78 is 7.45. The van der Waals surface area contributed by atoms with E-state index in [0.29, 0.717) is 12.1 Å². The summed E-state index contributed by atoms with van der Waals surface area (Å²) in [6.45, 7) is 2.95. The first kappa shape index (κ1) is 11.7. The van der Waals surface area contributed by atoms with Crippen molar-refractivity contribution in [1.82, 2.24) is 14.7 Å². The molecule has 2 aromatic rings. The molecule has 1 N–H and O–H groups in total. The molecule has 4 heteroatoms. The fourth-order valence-corrected chi connectivity index (χ4v) is 2.54. The Labute approximate surface area is 107 Å². The number of methoxy groups -OCH3 is 1. The Morgan fingerprint density at radius 3 is 3.06 bits per heavy atom. The van der Waals surface area contributed by atoms with E-state index in [9.17, 15) is 0 Å². The van der Waals surface area contributed by atoms with Gasteiger partial charge in [0.15, 0.2) is 0 Å². The Kier molecular flexibility index (Phi) is 3.06. The molecule has 1 fully saturated rings. The summed E-state index contributed by atoms with van der Waals surface area (Å²) in [5, 5.41) is 3.58. The minimum Gasteiger partial charge on any atom is -0.381 e. The Bertz CT molecular complexity index is 543. The van der Waals surface area contributed by atoms with Crippen molar-refractivity contribution in [2.75, 3.05) is 7.11 Å². The van der Waals surface area contributed by atoms with Crippen molar-refractivity contribution in [3.63, 3.8) is 0 Å². The first-order chi connectivity index (χ1) is 8.78. The minimum absolute atomic E-state index is 0.450. The maximum Gasteiger partial charge on any atom is 0.137 e. The van der Waals surface area contributed by atoms with Crippen molar-refractivity contribution in [2.24, 2.45) is 0 Å². The predicted molar refractivity (Wildman–Crippen MR) is 70.6 cm³/mol. The van der Waals surface area contributed by atoms with E-state index in [0.717, 1.165) is 30.7 Å². The van der Waals surface area contributed by atoms with Crippen LogP contribution in [0.1, 0.15) is 24.2 Å². The van der Waals surface area contributed by atoms with E-state index < -0.39 is 0 Å². The molecule has 2 aromatic heterocycles. The lowest BCUT2D eigenvalue weighted by Gasteiger charge is -2.34. The third kappa shape index (κ3) is 2.02. The third-order valence-electron chi connectivity index (χ3n) is 3.82. The van der Waals surface area contributed by atoms with Crippen LogP contribution in [0.25, 0.3) is 5.65 Å². The van der Waals surface area contributed by atoms with Gasteiger partial charge in [0, 0.05) is 25.9 Å². The topological polar surface area (TPSA) is 38.6 Å². The standard InChI is InChI=1S/C14H19N3O/c1-10-13(9-15-11-7-12(8-11)18-2)17-6-4-3-5-14(17)16-10/h3-6,11-12,15H,7-9H2,1-2H3. The SMILES string of the molecule is COC1CC(NCc2c(C)nc3ccccn23)C1. The van der Waals surface area contributed by atoms with Crippen LogP contribution >= 0.6 is 0 Å². The number of nitrogens with zero attached hydrogens (tertiary/aromatic N) is 2. The van der Waals surface area contributed by atoms with Gasteiger partial charge < -0.3 is 14.5 Å². The van der Waals surface area contributed by atoms with Gasteiger partial charge >= 0.3 is 0 Å². The number of nitrogens with one attached hydrogen (secondary N) is 1. The van der Waals surface area contributed by atoms with Crippen LogP contribution in [0, 0.1) is 6.92 Å². The van der Waals surface area contributed by atoms with Gasteiger partial charge in [0.05, 0.1) is 17.5 Å². The van der Waals surface area contributed by atoms with Gasteiger partial charge in [-0.3, -0.25) is 0 Å². The zero-order valence-corrected chi connectivity index (χ0v) is 10.9. The molecule has 0 unspecified atom stereocenters. The van der Waals surface area contributed by atoms with Crippen molar-refractivity contribution >= 4 is 5.65 Å². The van der Waals surface area contributed by atoms with Crippen molar-refractivity contribution in [3.8, 4) is 0 Å². The molecule has 1 aliphatic rings. The molecule has 0 radical (unpaired) electrons. The Balaban J connectivity index is 1.69. The van der Waals surface area contributed by atoms with Crippen molar-refractivity contribution < 1.29 is 4.74 Å². The van der Waals surface area contributed by atoms with Gasteiger partial charge in [0.25, 0.3) is 0 Å². The number of hydrogen-bond acceptors (Lipinski definition) is 3. The average molecular weight is 245 g/mol. The number of fused-ring (bicyclic) bond motifs is 1. The molecule has 1 saturated carbocycles. The number of aromatic nitrogens is 2. The lowest BCUT2D eigenvalue weighted by atomic mass is 9.89. The second-order valence-corrected chi connectivity index (χ2v) is 4.98. The lowest BCUT2D eigenvalue weighted by molar-refractivity contribution is 0.0169. The quantitative estimate of drug-likeness (QED) is 0.894. The number of imidazole rings is 1. The highest BCUT2D eigenvalue weighted by molar-refractivity contribution is 5.42. The molecule has 0 bridgehead atoms. The summed E-state index contributed by atoms with van der Waals surface area (Å²) >= 11 is 0. The van der Waals surface area contributed by atoms with Crippen molar-refractivity contribution in [2.45, 2.75) is 38.5 Å². The second-order valence-electron chi connectivity index (χ2n) is 4.98. The fraction of sp³-hybridized carbons (Fsp3) is 0.500. The van der Waals surface area contributed by atoms with Crippen LogP contribution in [-0.2, 0) is 11.3 Å². The normalized spacial score (nSPS) is 23.2. The highest BCUT2D eigenvalue weighted by Gasteiger charge is 2.28. The predicted octanol–water partition coefficient (Wildman–Crippen LogP) is 1.91. The molecular weight excluding hydrogens is 226 g/mol. The van der Waals surface area contributed by atoms with E-state index >= 15 is 0 Å². The van der Waals surface area contributed by atoms with E-state index in [2.05, 4.69) is 27.8 Å². The lowest BCUT2D eigenvalue weighted by Crippen LogP contribution is -2.44. The zero-order valence-electron chi connectivity index (χ0n) is 10.9. The van der Waals surface area contributed by atoms with Gasteiger partial charge in [-0.25, -0.2) is 4.98 Å². The van der Waals surface area contributed by atoms with E-state index in [1.807, 2.05) is 18.2 Å². The second kappa shape index (κ2) is 4.71. The summed E-state index contributed by atoms with van der Waals surface area (Å²) in [5.41, 5.74) is 3.39. The molecule has 0 aliphatic heterocycles. The summed E-state index contributed by atoms with van der Waals surface area (Å²) in [5.74, 6) is 0. The molecule has 1 aliphatic carbocycles. The van der Waals surface area contributed by atoms with Gasteiger partial charge in [0.2, 0.25) is 0 Å². The van der Waals surface area contributed by atoms with E-state index in [4.69, 9.17) is 4.74 Å². The third-order valence-corrected chi connectivity index (χ3v) is 3.82. The fourth-order valence-electron chi connectivity index (χ4n) is 2.54. The molecule has 0 aromatic carbocycles. The molecule has 96 valence electrons. The highest BCUT2D eigenvalue weighted by atomic mass is 16.5. The number of hydrogen-bond donors (Lipinski definition) is 1. The van der Waals surface area contributed by atoms with Crippen LogP contribution in [0.3, 0.4) is 0 Å². The summed E-state index contributed by atoms with van der Waals surface area (Å²) in [6, 6.07) is 6.69. The average Bonchev–Trinajstić information content (AvgIpc) is 2.64. The van der Waals surface area contributed by atoms with E-state index in [-0.39, 0.29) is 0 Å². The van der Waals surface area contributed by atoms with Crippen molar-refractivity contribution in [3.05, 3.63) is 35.8 Å². The van der Waals surface area contributed by atoms with Gasteiger partial charge in [-0.05, 0) is 31.9 Å². The smallest absolute Gasteiger partial charge is 0.137 e. The maximum atomic E-state index is 5.29. The van der Waals surface area contributed by atoms with Gasteiger partial charge in [-0.2, -0.15) is 0 Å². The maximum absolute atomic E-state index is 5.29. The van der Waals surface area contributed by atoms with E-state index in [1.54, 1.807) is 7.11 Å². The van der Waals surface area contributed by atoms with Crippen LogP contribution in [-0.4, -0.2) is 28.6 Å². The Morgan fingerprint density at radius 1 is 1.44 bits per heavy atom. The minimum atomic E-state index is 0.450. The van der Waals surface area contributed by atoms with Gasteiger partial charge in [-0.15, -0.1) is 0 Å². The van der Waals surface area contributed by atoms with Crippen LogP contribution < -0.4 is 5.32 Å². The van der Waals surface area contributed by atoms with Crippen LogP contribution in [0.5, 0.6) is 0 Å². The van der Waals surface area contributed by atoms with E-state index in [1.165, 1.54) is 5.69 Å². The monoisotopic (exact) mass is 245 g/mol. The number of ether oxygens (including phenoxy) is 1. The molecular formula is C14H19N3O. The number of rotatable bonds is 4. The molecule has 0 atom stereocenters. The van der Waals surface area contributed by atoms with Crippen LogP contribution in [0.15, 0.2) is 24.4 Å². The van der Waals surface area contributed by atoms with Crippen LogP contribution in [0.2, 0.25) is 0 Å². The molecule has 0 spiro atoms. The first-order valence-electron chi connectivity index (χ1n) is 6.46. The van der Waals surface area contributed by atoms with Crippen LogP contribution in [0.4, 0.5) is 0 Å². The molecule has 3 rings (SSSR count). The molecule has 18 heavy (non-hydrogen) atoms. The molecule has 0 saturated heterocycles. The first-order valence-corrected chi connectivity index (χ1v) is 6.46. The number of pyridine rings is 1. The summed E-state index contributed by atoms with van der Waals surface area (Å²) in [6.07, 6.45) is 4.76. The van der Waals surface area contributed by atoms with Crippen molar-refractivity contribution in [1.29, 1.82) is 0 Å².